The van der Waals surface area contributed by atoms with Crippen LogP contribution in [0.1, 0.15) is 25.7 Å². The van der Waals surface area contributed by atoms with Crippen LogP contribution >= 0.6 is 0 Å². The number of hydrogen-bond donors (Lipinski definition) is 2. The maximum atomic E-state index is 11.9. The molecule has 0 bridgehead atoms. The Bertz CT molecular complexity index is 337. The van der Waals surface area contributed by atoms with Crippen LogP contribution in [0.3, 0.4) is 0 Å². The van der Waals surface area contributed by atoms with Crippen molar-refractivity contribution in [3.63, 3.8) is 0 Å². The van der Waals surface area contributed by atoms with Crippen LogP contribution in [0.5, 0.6) is 0 Å². The highest BCUT2D eigenvalue weighted by molar-refractivity contribution is 5.82. The Balaban J connectivity index is 2.58. The van der Waals surface area contributed by atoms with E-state index in [1.807, 2.05) is 0 Å². The smallest absolute Gasteiger partial charge is 0.323 e. The molecule has 5 nitrogen and oxygen atoms in total. The number of hydrogen-bond acceptors (Lipinski definition) is 3. The van der Waals surface area contributed by atoms with Gasteiger partial charge in [0.05, 0.1) is 6.54 Å². The third-order valence-electron chi connectivity index (χ3n) is 3.33. The Hall–Kier alpha value is -1.54. The zero-order chi connectivity index (χ0) is 12.9. The van der Waals surface area contributed by atoms with Gasteiger partial charge in [-0.15, -0.1) is 6.42 Å². The van der Waals surface area contributed by atoms with Crippen molar-refractivity contribution >= 4 is 11.9 Å². The molecule has 0 atom stereocenters. The van der Waals surface area contributed by atoms with Gasteiger partial charge in [-0.3, -0.25) is 9.59 Å². The summed E-state index contributed by atoms with van der Waals surface area (Å²) in [5.41, 5.74) is 5.54. The first-order valence-corrected chi connectivity index (χ1v) is 5.66. The fraction of sp³-hybridized carbons (Fsp3) is 0.667. The van der Waals surface area contributed by atoms with Gasteiger partial charge in [-0.25, -0.2) is 0 Å². The molecule has 1 saturated carbocycles. The number of carboxylic acids is 1. The van der Waals surface area contributed by atoms with Gasteiger partial charge in [0, 0.05) is 6.42 Å². The van der Waals surface area contributed by atoms with Gasteiger partial charge >= 0.3 is 5.97 Å². The first-order chi connectivity index (χ1) is 8.03. The summed E-state index contributed by atoms with van der Waals surface area (Å²) in [6, 6.07) is 0. The molecule has 0 aromatic rings. The summed E-state index contributed by atoms with van der Waals surface area (Å²) in [4.78, 5) is 23.8. The molecular formula is C12H18N2O3. The Labute approximate surface area is 101 Å². The quantitative estimate of drug-likeness (QED) is 0.640. The number of terminal acetylenes is 1. The highest BCUT2D eigenvalue weighted by atomic mass is 16.4. The maximum Gasteiger partial charge on any atom is 0.323 e. The lowest BCUT2D eigenvalue weighted by Crippen LogP contribution is -2.44. The van der Waals surface area contributed by atoms with Crippen LogP contribution in [0.4, 0.5) is 0 Å². The average Bonchev–Trinajstić information content (AvgIpc) is 2.22. The summed E-state index contributed by atoms with van der Waals surface area (Å²) in [5, 5.41) is 8.70. The standard InChI is InChI=1S/C12H18N2O3/c1-2-6-14(8-11(16)17)10(15)7-12(9-13)4-3-5-12/h1H,3-9,13H2,(H,16,17). The van der Waals surface area contributed by atoms with Gasteiger partial charge in [-0.1, -0.05) is 12.3 Å². The summed E-state index contributed by atoms with van der Waals surface area (Å²) < 4.78 is 0. The highest BCUT2D eigenvalue weighted by Crippen LogP contribution is 2.43. The molecular weight excluding hydrogens is 220 g/mol. The van der Waals surface area contributed by atoms with E-state index < -0.39 is 5.97 Å². The number of rotatable bonds is 6. The van der Waals surface area contributed by atoms with Crippen LogP contribution in [0.2, 0.25) is 0 Å². The Kier molecular flexibility index (Phi) is 4.53. The highest BCUT2D eigenvalue weighted by Gasteiger charge is 2.38. The molecule has 0 aromatic carbocycles. The Morgan fingerprint density at radius 2 is 2.12 bits per heavy atom. The van der Waals surface area contributed by atoms with Crippen LogP contribution in [0.25, 0.3) is 0 Å². The van der Waals surface area contributed by atoms with Crippen molar-refractivity contribution in [2.45, 2.75) is 25.7 Å². The lowest BCUT2D eigenvalue weighted by Gasteiger charge is -2.41. The Morgan fingerprint density at radius 1 is 1.47 bits per heavy atom. The van der Waals surface area contributed by atoms with E-state index in [-0.39, 0.29) is 24.4 Å². The predicted molar refractivity (Wildman–Crippen MR) is 63.0 cm³/mol. The molecule has 1 amide bonds. The number of carboxylic acid groups (broad SMARTS) is 1. The second-order valence-corrected chi connectivity index (χ2v) is 4.58. The summed E-state index contributed by atoms with van der Waals surface area (Å²) in [7, 11) is 0. The predicted octanol–water partition coefficient (Wildman–Crippen LogP) is 0.0519. The summed E-state index contributed by atoms with van der Waals surface area (Å²) >= 11 is 0. The van der Waals surface area contributed by atoms with E-state index in [9.17, 15) is 9.59 Å². The van der Waals surface area contributed by atoms with Crippen molar-refractivity contribution in [1.82, 2.24) is 4.90 Å². The van der Waals surface area contributed by atoms with Crippen molar-refractivity contribution in [2.75, 3.05) is 19.6 Å². The molecule has 0 aromatic heterocycles. The molecule has 1 aliphatic carbocycles. The molecule has 0 saturated heterocycles. The molecule has 17 heavy (non-hydrogen) atoms. The van der Waals surface area contributed by atoms with Crippen molar-refractivity contribution in [3.8, 4) is 12.3 Å². The van der Waals surface area contributed by atoms with E-state index in [4.69, 9.17) is 17.3 Å². The van der Waals surface area contributed by atoms with E-state index in [0.717, 1.165) is 19.3 Å². The van der Waals surface area contributed by atoms with Crippen LogP contribution in [-0.4, -0.2) is 41.5 Å². The number of amides is 1. The van der Waals surface area contributed by atoms with Gasteiger partial charge in [0.25, 0.3) is 0 Å². The van der Waals surface area contributed by atoms with E-state index in [1.54, 1.807) is 0 Å². The van der Waals surface area contributed by atoms with Gasteiger partial charge in [-0.05, 0) is 24.8 Å². The number of nitrogens with two attached hydrogens (primary N) is 1. The second kappa shape index (κ2) is 5.69. The van der Waals surface area contributed by atoms with Crippen LogP contribution in [0.15, 0.2) is 0 Å². The molecule has 94 valence electrons. The lowest BCUT2D eigenvalue weighted by molar-refractivity contribution is -0.145. The minimum absolute atomic E-state index is 0.0335. The molecule has 1 fully saturated rings. The average molecular weight is 238 g/mol. The van der Waals surface area contributed by atoms with E-state index in [2.05, 4.69) is 5.92 Å². The lowest BCUT2D eigenvalue weighted by atomic mass is 9.66. The maximum absolute atomic E-state index is 11.9. The first kappa shape index (κ1) is 13.5. The third-order valence-corrected chi connectivity index (χ3v) is 3.33. The molecule has 0 radical (unpaired) electrons. The molecule has 0 unspecified atom stereocenters. The van der Waals surface area contributed by atoms with Crippen LogP contribution < -0.4 is 5.73 Å². The molecule has 1 rings (SSSR count). The minimum atomic E-state index is -1.05. The molecule has 0 aliphatic heterocycles. The van der Waals surface area contributed by atoms with Gasteiger partial charge in [0.2, 0.25) is 5.91 Å². The molecule has 3 N–H and O–H groups in total. The van der Waals surface area contributed by atoms with Gasteiger partial charge in [-0.2, -0.15) is 0 Å². The number of nitrogens with zero attached hydrogens (tertiary/aromatic N) is 1. The van der Waals surface area contributed by atoms with Gasteiger partial charge < -0.3 is 15.7 Å². The SMILES string of the molecule is C#CCN(CC(=O)O)C(=O)CC1(CN)CCC1. The zero-order valence-electron chi connectivity index (χ0n) is 9.82. The van der Waals surface area contributed by atoms with Gasteiger partial charge in [0.15, 0.2) is 0 Å². The topological polar surface area (TPSA) is 83.6 Å². The second-order valence-electron chi connectivity index (χ2n) is 4.58. The number of aliphatic carboxylic acids is 1. The summed E-state index contributed by atoms with van der Waals surface area (Å²) in [6.07, 6.45) is 8.38. The number of carbonyl (C=O) groups is 2. The number of carbonyl (C=O) groups excluding carboxylic acids is 1. The zero-order valence-corrected chi connectivity index (χ0v) is 9.82. The molecule has 0 heterocycles. The first-order valence-electron chi connectivity index (χ1n) is 5.66. The minimum Gasteiger partial charge on any atom is -0.480 e. The van der Waals surface area contributed by atoms with Crippen molar-refractivity contribution in [3.05, 3.63) is 0 Å². The monoisotopic (exact) mass is 238 g/mol. The van der Waals surface area contributed by atoms with E-state index in [0.29, 0.717) is 13.0 Å². The van der Waals surface area contributed by atoms with Crippen molar-refractivity contribution in [2.24, 2.45) is 11.1 Å². The fourth-order valence-corrected chi connectivity index (χ4v) is 2.07. The normalized spacial score (nSPS) is 16.7. The van der Waals surface area contributed by atoms with Crippen molar-refractivity contribution in [1.29, 1.82) is 0 Å². The Morgan fingerprint density at radius 3 is 2.47 bits per heavy atom. The molecule has 1 aliphatic rings. The summed E-state index contributed by atoms with van der Waals surface area (Å²) in [6.45, 7) is 0.158. The van der Waals surface area contributed by atoms with E-state index in [1.165, 1.54) is 4.90 Å². The van der Waals surface area contributed by atoms with Gasteiger partial charge in [0.1, 0.15) is 6.54 Å². The molecule has 0 spiro atoms. The van der Waals surface area contributed by atoms with Crippen LogP contribution in [-0.2, 0) is 9.59 Å². The van der Waals surface area contributed by atoms with E-state index >= 15 is 0 Å². The largest absolute Gasteiger partial charge is 0.480 e. The molecule has 5 heteroatoms. The van der Waals surface area contributed by atoms with Crippen molar-refractivity contribution < 1.29 is 14.7 Å². The third kappa shape index (κ3) is 3.46. The van der Waals surface area contributed by atoms with Crippen LogP contribution in [0, 0.1) is 17.8 Å². The summed E-state index contributed by atoms with van der Waals surface area (Å²) in [5.74, 6) is 1.04. The fourth-order valence-electron chi connectivity index (χ4n) is 2.07.